The highest BCUT2D eigenvalue weighted by Crippen LogP contribution is 2.20. The number of aryl methyl sites for hydroxylation is 1. The van der Waals surface area contributed by atoms with Crippen LogP contribution in [0.25, 0.3) is 0 Å². The number of rotatable bonds is 8. The monoisotopic (exact) mass is 387 g/mol. The minimum atomic E-state index is -3.62. The quantitative estimate of drug-likeness (QED) is 0.559. The van der Waals surface area contributed by atoms with E-state index in [0.717, 1.165) is 22.7 Å². The second kappa shape index (κ2) is 9.32. The Bertz CT molecular complexity index is 881. The molecule has 6 nitrogen and oxygen atoms in total. The van der Waals surface area contributed by atoms with E-state index in [4.69, 9.17) is 0 Å². The van der Waals surface area contributed by atoms with Gasteiger partial charge in [-0.25, -0.2) is 13.8 Å². The molecule has 0 fully saturated rings. The zero-order chi connectivity index (χ0) is 19.9. The van der Waals surface area contributed by atoms with Crippen LogP contribution in [0.15, 0.2) is 65.8 Å². The van der Waals surface area contributed by atoms with Crippen LogP contribution in [0, 0.1) is 0 Å². The van der Waals surface area contributed by atoms with Crippen LogP contribution < -0.4 is 9.73 Å². The number of carbonyl (C=O) groups is 1. The Balaban J connectivity index is 2.02. The summed E-state index contributed by atoms with van der Waals surface area (Å²) in [4.78, 5) is 12.5. The molecule has 0 radical (unpaired) electrons. The number of amides is 1. The summed E-state index contributed by atoms with van der Waals surface area (Å²) in [5.41, 5.74) is 4.88. The summed E-state index contributed by atoms with van der Waals surface area (Å²) >= 11 is 0. The lowest BCUT2D eigenvalue weighted by molar-refractivity contribution is -0.121. The number of hydrogen-bond acceptors (Lipinski definition) is 4. The normalized spacial score (nSPS) is 13.1. The molecular formula is C20H25N3O3S. The van der Waals surface area contributed by atoms with Crippen molar-refractivity contribution in [2.45, 2.75) is 32.7 Å². The lowest BCUT2D eigenvalue weighted by atomic mass is 10.1. The molecule has 0 unspecified atom stereocenters. The molecule has 0 bridgehead atoms. The number of carbonyl (C=O) groups excluding carboxylic acids is 1. The molecule has 0 aliphatic rings. The van der Waals surface area contributed by atoms with Crippen molar-refractivity contribution >= 4 is 27.3 Å². The molecule has 144 valence electrons. The summed E-state index contributed by atoms with van der Waals surface area (Å²) in [5.74, 6) is -0.483. The summed E-state index contributed by atoms with van der Waals surface area (Å²) in [6.45, 7) is 3.37. The standard InChI is InChI=1S/C20H25N3O3S/c1-16(14-15-18-10-6-4-7-11-18)21-22-20(24)17(2)23(27(3,25)26)19-12-8-5-9-13-19/h4-13,17H,14-15H2,1-3H3,(H,22,24)/b21-16-/t17-/m0/s1. The zero-order valence-corrected chi connectivity index (χ0v) is 16.6. The van der Waals surface area contributed by atoms with Crippen LogP contribution in [0.1, 0.15) is 25.8 Å². The van der Waals surface area contributed by atoms with Crippen molar-refractivity contribution in [2.24, 2.45) is 5.10 Å². The molecule has 0 saturated carbocycles. The number of benzene rings is 2. The van der Waals surface area contributed by atoms with Crippen LogP contribution in [0.2, 0.25) is 0 Å². The Labute approximate surface area is 161 Å². The van der Waals surface area contributed by atoms with Crippen molar-refractivity contribution in [3.8, 4) is 0 Å². The Morgan fingerprint density at radius 3 is 2.19 bits per heavy atom. The van der Waals surface area contributed by atoms with E-state index < -0.39 is 22.0 Å². The summed E-state index contributed by atoms with van der Waals surface area (Å²) in [7, 11) is -3.62. The largest absolute Gasteiger partial charge is 0.271 e. The van der Waals surface area contributed by atoms with Crippen molar-refractivity contribution in [1.82, 2.24) is 5.43 Å². The van der Waals surface area contributed by atoms with Crippen LogP contribution in [0.3, 0.4) is 0 Å². The van der Waals surface area contributed by atoms with Crippen LogP contribution >= 0.6 is 0 Å². The fourth-order valence-corrected chi connectivity index (χ4v) is 3.83. The first kappa shape index (κ1) is 20.6. The second-order valence-corrected chi connectivity index (χ2v) is 8.24. The van der Waals surface area contributed by atoms with E-state index in [1.54, 1.807) is 30.3 Å². The molecule has 2 rings (SSSR count). The van der Waals surface area contributed by atoms with Gasteiger partial charge in [0.15, 0.2) is 0 Å². The molecule has 7 heteroatoms. The Morgan fingerprint density at radius 2 is 1.63 bits per heavy atom. The molecular weight excluding hydrogens is 362 g/mol. The van der Waals surface area contributed by atoms with Gasteiger partial charge in [-0.2, -0.15) is 5.10 Å². The van der Waals surface area contributed by atoms with Gasteiger partial charge < -0.3 is 0 Å². The zero-order valence-electron chi connectivity index (χ0n) is 15.8. The number of anilines is 1. The Morgan fingerprint density at radius 1 is 1.07 bits per heavy atom. The minimum absolute atomic E-state index is 0.437. The van der Waals surface area contributed by atoms with E-state index in [2.05, 4.69) is 10.5 Å². The molecule has 1 atom stereocenters. The van der Waals surface area contributed by atoms with E-state index in [-0.39, 0.29) is 0 Å². The summed E-state index contributed by atoms with van der Waals surface area (Å²) in [6, 6.07) is 17.6. The van der Waals surface area contributed by atoms with Gasteiger partial charge in [0.2, 0.25) is 10.0 Å². The molecule has 0 aromatic heterocycles. The molecule has 0 spiro atoms. The molecule has 0 aliphatic heterocycles. The summed E-state index contributed by atoms with van der Waals surface area (Å²) in [6.07, 6.45) is 2.60. The van der Waals surface area contributed by atoms with E-state index in [9.17, 15) is 13.2 Å². The van der Waals surface area contributed by atoms with Crippen molar-refractivity contribution < 1.29 is 13.2 Å². The van der Waals surface area contributed by atoms with Gasteiger partial charge in [0.1, 0.15) is 6.04 Å². The Kier molecular flexibility index (Phi) is 7.12. The topological polar surface area (TPSA) is 78.8 Å². The van der Waals surface area contributed by atoms with Gasteiger partial charge in [0, 0.05) is 5.71 Å². The third-order valence-corrected chi connectivity index (χ3v) is 5.32. The average molecular weight is 388 g/mol. The van der Waals surface area contributed by atoms with Gasteiger partial charge in [-0.3, -0.25) is 9.10 Å². The highest BCUT2D eigenvalue weighted by molar-refractivity contribution is 7.92. The first-order valence-corrected chi connectivity index (χ1v) is 10.6. The van der Waals surface area contributed by atoms with Gasteiger partial charge in [0.25, 0.3) is 5.91 Å². The maximum atomic E-state index is 12.5. The second-order valence-electron chi connectivity index (χ2n) is 6.38. The molecule has 0 saturated heterocycles. The van der Waals surface area contributed by atoms with Crippen LogP contribution in [-0.4, -0.2) is 32.3 Å². The molecule has 2 aromatic rings. The third kappa shape index (κ3) is 6.21. The van der Waals surface area contributed by atoms with Gasteiger partial charge in [-0.15, -0.1) is 0 Å². The smallest absolute Gasteiger partial charge is 0.263 e. The first-order valence-electron chi connectivity index (χ1n) is 8.70. The van der Waals surface area contributed by atoms with Gasteiger partial charge >= 0.3 is 0 Å². The number of para-hydroxylation sites is 1. The maximum Gasteiger partial charge on any atom is 0.263 e. The predicted octanol–water partition coefficient (Wildman–Crippen LogP) is 2.97. The number of nitrogens with one attached hydrogen (secondary N) is 1. The van der Waals surface area contributed by atoms with Crippen molar-refractivity contribution in [3.63, 3.8) is 0 Å². The van der Waals surface area contributed by atoms with Crippen molar-refractivity contribution in [1.29, 1.82) is 0 Å². The molecule has 2 aromatic carbocycles. The average Bonchev–Trinajstić information content (AvgIpc) is 2.65. The molecule has 27 heavy (non-hydrogen) atoms. The lowest BCUT2D eigenvalue weighted by Gasteiger charge is -2.27. The highest BCUT2D eigenvalue weighted by Gasteiger charge is 2.28. The number of sulfonamides is 1. The molecule has 0 aliphatic carbocycles. The fourth-order valence-electron chi connectivity index (χ4n) is 2.65. The minimum Gasteiger partial charge on any atom is -0.271 e. The van der Waals surface area contributed by atoms with E-state index in [1.165, 1.54) is 12.5 Å². The number of nitrogens with zero attached hydrogens (tertiary/aromatic N) is 2. The molecule has 1 amide bonds. The number of hydrazone groups is 1. The van der Waals surface area contributed by atoms with Crippen LogP contribution in [0.5, 0.6) is 0 Å². The maximum absolute atomic E-state index is 12.5. The van der Waals surface area contributed by atoms with E-state index in [1.807, 2.05) is 37.3 Å². The summed E-state index contributed by atoms with van der Waals surface area (Å²) < 4.78 is 25.5. The fraction of sp³-hybridized carbons (Fsp3) is 0.300. The van der Waals surface area contributed by atoms with Crippen LogP contribution in [-0.2, 0) is 21.2 Å². The lowest BCUT2D eigenvalue weighted by Crippen LogP contribution is -2.46. The van der Waals surface area contributed by atoms with Gasteiger partial charge in [0.05, 0.1) is 11.9 Å². The number of hydrogen-bond donors (Lipinski definition) is 1. The van der Waals surface area contributed by atoms with Gasteiger partial charge in [-0.05, 0) is 44.4 Å². The first-order chi connectivity index (χ1) is 12.8. The van der Waals surface area contributed by atoms with Crippen molar-refractivity contribution in [3.05, 3.63) is 66.2 Å². The van der Waals surface area contributed by atoms with Crippen LogP contribution in [0.4, 0.5) is 5.69 Å². The SMILES string of the molecule is C/C(CCc1ccccc1)=N/NC(=O)[C@H](C)N(c1ccccc1)S(C)(=O)=O. The highest BCUT2D eigenvalue weighted by atomic mass is 32.2. The summed E-state index contributed by atoms with van der Waals surface area (Å²) in [5, 5.41) is 4.11. The third-order valence-electron chi connectivity index (χ3n) is 4.07. The predicted molar refractivity (Wildman–Crippen MR) is 109 cm³/mol. The van der Waals surface area contributed by atoms with E-state index in [0.29, 0.717) is 12.1 Å². The Hall–Kier alpha value is -2.67. The van der Waals surface area contributed by atoms with E-state index >= 15 is 0 Å². The molecule has 1 N–H and O–H groups in total. The van der Waals surface area contributed by atoms with Crippen molar-refractivity contribution in [2.75, 3.05) is 10.6 Å². The molecule has 0 heterocycles. The van der Waals surface area contributed by atoms with Gasteiger partial charge in [-0.1, -0.05) is 48.5 Å².